The minimum absolute atomic E-state index is 0.00838. The largest absolute Gasteiger partial charge is 0.396 e. The highest BCUT2D eigenvalue weighted by atomic mass is 35.5. The Kier molecular flexibility index (Phi) is 3.29. The van der Waals surface area contributed by atoms with Gasteiger partial charge < -0.3 is 10.0 Å². The Morgan fingerprint density at radius 1 is 1.73 bits per heavy atom. The summed E-state index contributed by atoms with van der Waals surface area (Å²) in [5.74, 6) is 0.221. The second kappa shape index (κ2) is 4.51. The van der Waals surface area contributed by atoms with Gasteiger partial charge in [0.25, 0.3) is 5.91 Å². The van der Waals surface area contributed by atoms with Crippen LogP contribution in [0.25, 0.3) is 0 Å². The second-order valence-corrected chi connectivity index (χ2v) is 5.01. The molecule has 15 heavy (non-hydrogen) atoms. The first-order valence-electron chi connectivity index (χ1n) is 4.85. The fourth-order valence-corrected chi connectivity index (χ4v) is 2.86. The highest BCUT2D eigenvalue weighted by Gasteiger charge is 2.27. The number of rotatable bonds is 2. The molecule has 1 aliphatic heterocycles. The van der Waals surface area contributed by atoms with Crippen LogP contribution in [0.5, 0.6) is 0 Å². The van der Waals surface area contributed by atoms with Crippen LogP contribution in [0, 0.1) is 5.92 Å². The molecule has 0 aromatic carbocycles. The number of thiophene rings is 1. The molecule has 1 amide bonds. The molecular formula is C10H12ClNO2S. The average molecular weight is 246 g/mol. The molecule has 5 heteroatoms. The number of aliphatic hydroxyl groups is 1. The van der Waals surface area contributed by atoms with Crippen molar-refractivity contribution in [1.82, 2.24) is 4.90 Å². The van der Waals surface area contributed by atoms with Crippen molar-refractivity contribution in [2.24, 2.45) is 5.92 Å². The van der Waals surface area contributed by atoms with Gasteiger partial charge in [0.15, 0.2) is 0 Å². The highest BCUT2D eigenvalue weighted by molar-refractivity contribution is 7.12. The molecule has 1 aliphatic rings. The van der Waals surface area contributed by atoms with E-state index in [0.717, 1.165) is 13.0 Å². The molecule has 2 rings (SSSR count). The van der Waals surface area contributed by atoms with Gasteiger partial charge in [-0.15, -0.1) is 11.3 Å². The Morgan fingerprint density at radius 3 is 3.07 bits per heavy atom. The molecule has 1 aromatic heterocycles. The lowest BCUT2D eigenvalue weighted by Gasteiger charge is -2.15. The fraction of sp³-hybridized carbons (Fsp3) is 0.500. The van der Waals surface area contributed by atoms with E-state index in [1.54, 1.807) is 11.0 Å². The van der Waals surface area contributed by atoms with Gasteiger partial charge in [0.05, 0.1) is 5.02 Å². The lowest BCUT2D eigenvalue weighted by atomic mass is 10.1. The first kappa shape index (κ1) is 10.9. The molecule has 0 radical (unpaired) electrons. The van der Waals surface area contributed by atoms with E-state index in [-0.39, 0.29) is 18.4 Å². The van der Waals surface area contributed by atoms with E-state index in [4.69, 9.17) is 16.7 Å². The van der Waals surface area contributed by atoms with Gasteiger partial charge in [0.2, 0.25) is 0 Å². The standard InChI is InChI=1S/C10H12ClNO2S/c11-8-2-4-15-9(8)10(14)12-3-1-7(5-12)6-13/h2,4,7,13H,1,3,5-6H2. The molecule has 1 N–H and O–H groups in total. The van der Waals surface area contributed by atoms with Crippen molar-refractivity contribution in [2.45, 2.75) is 6.42 Å². The van der Waals surface area contributed by atoms with Crippen LogP contribution in [0.3, 0.4) is 0 Å². The predicted molar refractivity (Wildman–Crippen MR) is 60.4 cm³/mol. The summed E-state index contributed by atoms with van der Waals surface area (Å²) in [6, 6.07) is 1.74. The summed E-state index contributed by atoms with van der Waals surface area (Å²) in [7, 11) is 0. The minimum Gasteiger partial charge on any atom is -0.396 e. The van der Waals surface area contributed by atoms with Crippen molar-refractivity contribution < 1.29 is 9.90 Å². The lowest BCUT2D eigenvalue weighted by Crippen LogP contribution is -2.28. The zero-order valence-electron chi connectivity index (χ0n) is 8.15. The number of carbonyl (C=O) groups is 1. The van der Waals surface area contributed by atoms with Crippen molar-refractivity contribution in [1.29, 1.82) is 0 Å². The summed E-state index contributed by atoms with van der Waals surface area (Å²) in [5, 5.41) is 11.3. The van der Waals surface area contributed by atoms with E-state index >= 15 is 0 Å². The molecule has 0 saturated carbocycles. The SMILES string of the molecule is O=C(c1sccc1Cl)N1CCC(CO)C1. The maximum atomic E-state index is 12.0. The second-order valence-electron chi connectivity index (χ2n) is 3.69. The number of likely N-dealkylation sites (tertiary alicyclic amines) is 1. The number of nitrogens with zero attached hydrogens (tertiary/aromatic N) is 1. The third kappa shape index (κ3) is 2.17. The highest BCUT2D eigenvalue weighted by Crippen LogP contribution is 2.26. The molecule has 1 fully saturated rings. The van der Waals surface area contributed by atoms with Gasteiger partial charge in [-0.25, -0.2) is 0 Å². The average Bonchev–Trinajstić information content (AvgIpc) is 2.84. The van der Waals surface area contributed by atoms with Gasteiger partial charge >= 0.3 is 0 Å². The Labute approximate surface area is 97.3 Å². The van der Waals surface area contributed by atoms with Crippen molar-refractivity contribution in [3.8, 4) is 0 Å². The monoisotopic (exact) mass is 245 g/mol. The smallest absolute Gasteiger partial charge is 0.265 e. The van der Waals surface area contributed by atoms with Crippen LogP contribution < -0.4 is 0 Å². The molecular weight excluding hydrogens is 234 g/mol. The maximum absolute atomic E-state index is 12.0. The van der Waals surface area contributed by atoms with Gasteiger partial charge in [-0.2, -0.15) is 0 Å². The molecule has 1 atom stereocenters. The molecule has 1 saturated heterocycles. The van der Waals surface area contributed by atoms with Crippen molar-refractivity contribution in [3.05, 3.63) is 21.3 Å². The van der Waals surface area contributed by atoms with Crippen molar-refractivity contribution in [2.75, 3.05) is 19.7 Å². The first-order valence-corrected chi connectivity index (χ1v) is 6.11. The van der Waals surface area contributed by atoms with Crippen LogP contribution >= 0.6 is 22.9 Å². The fourth-order valence-electron chi connectivity index (χ4n) is 1.76. The topological polar surface area (TPSA) is 40.5 Å². The van der Waals surface area contributed by atoms with E-state index in [1.807, 2.05) is 5.38 Å². The molecule has 0 bridgehead atoms. The lowest BCUT2D eigenvalue weighted by molar-refractivity contribution is 0.0787. The summed E-state index contributed by atoms with van der Waals surface area (Å²) >= 11 is 7.26. The number of aliphatic hydroxyl groups excluding tert-OH is 1. The van der Waals surface area contributed by atoms with E-state index in [1.165, 1.54) is 11.3 Å². The Hall–Kier alpha value is -0.580. The summed E-state index contributed by atoms with van der Waals surface area (Å²) in [5.41, 5.74) is 0. The molecule has 3 nitrogen and oxygen atoms in total. The van der Waals surface area contributed by atoms with Gasteiger partial charge in [0, 0.05) is 25.6 Å². The Balaban J connectivity index is 2.07. The first-order chi connectivity index (χ1) is 7.22. The molecule has 1 aromatic rings. The van der Waals surface area contributed by atoms with Crippen LogP contribution in [0.4, 0.5) is 0 Å². The third-order valence-electron chi connectivity index (χ3n) is 2.64. The number of hydrogen-bond acceptors (Lipinski definition) is 3. The predicted octanol–water partition coefficient (Wildman–Crippen LogP) is 1.86. The van der Waals surface area contributed by atoms with E-state index in [0.29, 0.717) is 16.4 Å². The number of hydrogen-bond donors (Lipinski definition) is 1. The summed E-state index contributed by atoms with van der Waals surface area (Å²) < 4.78 is 0. The number of amides is 1. The van der Waals surface area contributed by atoms with Crippen LogP contribution in [0.1, 0.15) is 16.1 Å². The van der Waals surface area contributed by atoms with Crippen molar-refractivity contribution in [3.63, 3.8) is 0 Å². The van der Waals surface area contributed by atoms with E-state index in [2.05, 4.69) is 0 Å². The molecule has 0 aliphatic carbocycles. The molecule has 1 unspecified atom stereocenters. The van der Waals surface area contributed by atoms with Crippen LogP contribution in [-0.4, -0.2) is 35.6 Å². The van der Waals surface area contributed by atoms with Gasteiger partial charge in [-0.3, -0.25) is 4.79 Å². The summed E-state index contributed by atoms with van der Waals surface area (Å²) in [6.45, 7) is 1.52. The number of halogens is 1. The summed E-state index contributed by atoms with van der Waals surface area (Å²) in [6.07, 6.45) is 0.880. The maximum Gasteiger partial charge on any atom is 0.265 e. The van der Waals surface area contributed by atoms with E-state index in [9.17, 15) is 4.79 Å². The molecule has 82 valence electrons. The van der Waals surface area contributed by atoms with Crippen LogP contribution in [-0.2, 0) is 0 Å². The van der Waals surface area contributed by atoms with Crippen molar-refractivity contribution >= 4 is 28.8 Å². The molecule has 2 heterocycles. The third-order valence-corrected chi connectivity index (χ3v) is 3.97. The van der Waals surface area contributed by atoms with E-state index < -0.39 is 0 Å². The zero-order valence-corrected chi connectivity index (χ0v) is 9.72. The summed E-state index contributed by atoms with van der Waals surface area (Å²) in [4.78, 5) is 14.3. The molecule has 0 spiro atoms. The van der Waals surface area contributed by atoms with Gasteiger partial charge in [-0.1, -0.05) is 11.6 Å². The van der Waals surface area contributed by atoms with Gasteiger partial charge in [-0.05, 0) is 17.9 Å². The number of carbonyl (C=O) groups excluding carboxylic acids is 1. The minimum atomic E-state index is -0.00838. The van der Waals surface area contributed by atoms with Crippen LogP contribution in [0.15, 0.2) is 11.4 Å². The normalized spacial score (nSPS) is 20.9. The Bertz CT molecular complexity index is 366. The Morgan fingerprint density at radius 2 is 2.53 bits per heavy atom. The van der Waals surface area contributed by atoms with Crippen LogP contribution in [0.2, 0.25) is 5.02 Å². The van der Waals surface area contributed by atoms with Gasteiger partial charge in [0.1, 0.15) is 4.88 Å². The zero-order chi connectivity index (χ0) is 10.8. The quantitative estimate of drug-likeness (QED) is 0.864.